The molecule has 0 radical (unpaired) electrons. The monoisotopic (exact) mass is 839 g/mol. The van der Waals surface area contributed by atoms with Gasteiger partial charge in [0.05, 0.1) is 28.4 Å². The van der Waals surface area contributed by atoms with E-state index in [9.17, 15) is 20.4 Å². The van der Waals surface area contributed by atoms with Crippen molar-refractivity contribution in [2.75, 3.05) is 28.4 Å². The van der Waals surface area contributed by atoms with Crippen LogP contribution in [0, 0.1) is 0 Å². The molecule has 318 valence electrons. The van der Waals surface area contributed by atoms with Crippen molar-refractivity contribution in [2.45, 2.75) is 11.8 Å². The molecule has 0 aromatic heterocycles. The highest BCUT2D eigenvalue weighted by Gasteiger charge is 2.39. The first-order valence-corrected chi connectivity index (χ1v) is 20.3. The van der Waals surface area contributed by atoms with Gasteiger partial charge in [-0.3, -0.25) is 0 Å². The zero-order valence-electron chi connectivity index (χ0n) is 35.5. The number of rotatable bonds is 13. The molecule has 1 atom stereocenters. The molecule has 0 aliphatic heterocycles. The van der Waals surface area contributed by atoms with Crippen molar-refractivity contribution in [3.63, 3.8) is 0 Å². The summed E-state index contributed by atoms with van der Waals surface area (Å²) in [4.78, 5) is 0. The van der Waals surface area contributed by atoms with Crippen molar-refractivity contribution in [3.8, 4) is 46.0 Å². The van der Waals surface area contributed by atoms with E-state index in [1.807, 2.05) is 97.1 Å². The molecule has 9 heteroatoms. The molecule has 9 nitrogen and oxygen atoms in total. The van der Waals surface area contributed by atoms with Crippen LogP contribution in [0.2, 0.25) is 0 Å². The fourth-order valence-electron chi connectivity index (χ4n) is 7.99. The summed E-state index contributed by atoms with van der Waals surface area (Å²) < 4.78 is 22.1. The summed E-state index contributed by atoms with van der Waals surface area (Å²) in [6.07, 6.45) is 0. The number of phenolic OH excluding ortho intramolecular Hbond substituents is 3. The van der Waals surface area contributed by atoms with Crippen molar-refractivity contribution in [1.82, 2.24) is 4.48 Å². The molecule has 0 heterocycles. The quantitative estimate of drug-likeness (QED) is 0.0982. The highest BCUT2D eigenvalue weighted by molar-refractivity contribution is 5.82. The third-order valence-electron chi connectivity index (χ3n) is 11.2. The molecule has 0 fully saturated rings. The average Bonchev–Trinajstić information content (AvgIpc) is 3.33. The summed E-state index contributed by atoms with van der Waals surface area (Å²) in [5.74, 6) is 3.36. The average molecular weight is 840 g/mol. The summed E-state index contributed by atoms with van der Waals surface area (Å²) in [7, 11) is 6.70. The first kappa shape index (κ1) is 43.2. The Morgan fingerprint density at radius 3 is 0.730 bits per heavy atom. The van der Waals surface area contributed by atoms with Gasteiger partial charge in [-0.2, -0.15) is 4.48 Å². The molecule has 8 aromatic carbocycles. The van der Waals surface area contributed by atoms with Gasteiger partial charge in [-0.15, -0.1) is 5.75 Å². The first-order valence-electron chi connectivity index (χ1n) is 20.3. The Labute approximate surface area is 368 Å². The van der Waals surface area contributed by atoms with Crippen molar-refractivity contribution in [1.29, 1.82) is 0 Å². The minimum absolute atomic E-state index is 0.0611. The summed E-state index contributed by atoms with van der Waals surface area (Å²) in [6, 6.07) is 60.5. The zero-order chi connectivity index (χ0) is 44.3. The molecular weight excluding hydrogens is 791 g/mol. The molecule has 63 heavy (non-hydrogen) atoms. The molecule has 0 saturated heterocycles. The number of aromatic hydroxyl groups is 3. The highest BCUT2D eigenvalue weighted by atomic mass is 16.5. The topological polar surface area (TPSA) is 121 Å². The van der Waals surface area contributed by atoms with E-state index in [1.165, 1.54) is 0 Å². The molecule has 8 aromatic rings. The Bertz CT molecular complexity index is 2270. The van der Waals surface area contributed by atoms with E-state index >= 15 is 0 Å². The summed E-state index contributed by atoms with van der Waals surface area (Å²) in [5, 5.41) is 41.1. The maximum absolute atomic E-state index is 11.7. The molecule has 0 saturated carbocycles. The predicted molar refractivity (Wildman–Crippen MR) is 247 cm³/mol. The van der Waals surface area contributed by atoms with E-state index in [4.69, 9.17) is 18.9 Å². The SMILES string of the molecule is COc1ccc([N+](c2ccc(OC)cc2)(c2ccc(OC)cc2)c2ccc(OC)cc2)cc1.[O-]c1ccc(C(c2ccc(O)cc2)C(c2ccc(O)cc2)c2ccc(O)cc2)cc1. The third kappa shape index (κ3) is 9.54. The van der Waals surface area contributed by atoms with Gasteiger partial charge in [0.2, 0.25) is 0 Å². The fourth-order valence-corrected chi connectivity index (χ4v) is 7.99. The molecular formula is C54H49NO8. The third-order valence-corrected chi connectivity index (χ3v) is 11.2. The van der Waals surface area contributed by atoms with E-state index in [2.05, 4.69) is 48.5 Å². The van der Waals surface area contributed by atoms with Crippen LogP contribution in [0.5, 0.6) is 46.0 Å². The molecule has 0 spiro atoms. The second kappa shape index (κ2) is 19.7. The number of hydrogen-bond donors (Lipinski definition) is 3. The Kier molecular flexibility index (Phi) is 13.5. The van der Waals surface area contributed by atoms with Gasteiger partial charge >= 0.3 is 0 Å². The molecule has 3 N–H and O–H groups in total. The zero-order valence-corrected chi connectivity index (χ0v) is 35.5. The maximum Gasteiger partial charge on any atom is 0.148 e. The number of methoxy groups -OCH3 is 4. The number of phenols is 3. The van der Waals surface area contributed by atoms with E-state index in [0.29, 0.717) is 4.48 Å². The van der Waals surface area contributed by atoms with Crippen LogP contribution in [0.4, 0.5) is 22.7 Å². The number of hydrogen-bond acceptors (Lipinski definition) is 8. The van der Waals surface area contributed by atoms with E-state index in [0.717, 1.165) is 68.0 Å². The number of nitrogens with zero attached hydrogens (tertiary/aromatic N) is 1. The Morgan fingerprint density at radius 2 is 0.524 bits per heavy atom. The second-order valence-electron chi connectivity index (χ2n) is 14.8. The molecule has 0 amide bonds. The van der Waals surface area contributed by atoms with Crippen LogP contribution < -0.4 is 28.5 Å². The lowest BCUT2D eigenvalue weighted by atomic mass is 9.73. The van der Waals surface area contributed by atoms with Crippen molar-refractivity contribution < 1.29 is 39.4 Å². The van der Waals surface area contributed by atoms with Crippen molar-refractivity contribution >= 4 is 22.7 Å². The van der Waals surface area contributed by atoms with Gasteiger partial charge in [0.25, 0.3) is 0 Å². The van der Waals surface area contributed by atoms with Gasteiger partial charge in [0.15, 0.2) is 0 Å². The largest absolute Gasteiger partial charge is 0.872 e. The lowest BCUT2D eigenvalue weighted by Crippen LogP contribution is -2.33. The molecule has 0 aliphatic rings. The van der Waals surface area contributed by atoms with Gasteiger partial charge in [-0.05, 0) is 107 Å². The normalized spacial score (nSPS) is 11.5. The highest BCUT2D eigenvalue weighted by Crippen LogP contribution is 2.52. The smallest absolute Gasteiger partial charge is 0.148 e. The minimum atomic E-state index is -0.166. The number of benzene rings is 8. The lowest BCUT2D eigenvalue weighted by Gasteiger charge is -2.37. The van der Waals surface area contributed by atoms with Gasteiger partial charge in [0.1, 0.15) is 63.0 Å². The van der Waals surface area contributed by atoms with Gasteiger partial charge in [0, 0.05) is 60.4 Å². The van der Waals surface area contributed by atoms with Crippen LogP contribution in [0.1, 0.15) is 34.1 Å². The maximum atomic E-state index is 11.7. The summed E-state index contributed by atoms with van der Waals surface area (Å²) >= 11 is 0. The van der Waals surface area contributed by atoms with Crippen LogP contribution in [0.15, 0.2) is 194 Å². The molecule has 0 bridgehead atoms. The Morgan fingerprint density at radius 1 is 0.317 bits per heavy atom. The van der Waals surface area contributed by atoms with Crippen LogP contribution in [-0.4, -0.2) is 43.8 Å². The first-order chi connectivity index (χ1) is 30.7. The fraction of sp³-hybridized carbons (Fsp3) is 0.111. The summed E-state index contributed by atoms with van der Waals surface area (Å²) in [6.45, 7) is 0. The van der Waals surface area contributed by atoms with Crippen molar-refractivity contribution in [2.24, 2.45) is 0 Å². The van der Waals surface area contributed by atoms with Gasteiger partial charge in [-0.25, -0.2) is 0 Å². The predicted octanol–water partition coefficient (Wildman–Crippen LogP) is 11.9. The standard InChI is InChI=1S/C28H28NO4.C26H22O4/c1-30-25-13-5-21(6-14-25)29(22-7-15-26(31-2)16-8-22,23-9-17-27(32-3)18-10-23)24-11-19-28(33-4)20-12-24;27-21-9-1-17(2-10-21)25(18-3-11-22(28)12-4-18)26(19-5-13-23(29)14-6-19)20-7-15-24(30)16-8-20/h5-20H,1-4H3;1-16,25-30H/q+1;/p-1. The van der Waals surface area contributed by atoms with Crippen LogP contribution in [0.3, 0.4) is 0 Å². The molecule has 0 aliphatic carbocycles. The summed E-state index contributed by atoms with van der Waals surface area (Å²) in [5.41, 5.74) is 8.08. The second-order valence-corrected chi connectivity index (χ2v) is 14.8. The van der Waals surface area contributed by atoms with Crippen LogP contribution >= 0.6 is 0 Å². The number of quaternary nitrogens is 1. The Balaban J connectivity index is 0.000000190. The van der Waals surface area contributed by atoms with E-state index < -0.39 is 0 Å². The molecule has 1 unspecified atom stereocenters. The number of ether oxygens (including phenoxy) is 4. The van der Waals surface area contributed by atoms with Gasteiger partial charge in [-0.1, -0.05) is 60.7 Å². The van der Waals surface area contributed by atoms with E-state index in [-0.39, 0.29) is 34.8 Å². The lowest BCUT2D eigenvalue weighted by molar-refractivity contribution is -0.268. The van der Waals surface area contributed by atoms with E-state index in [1.54, 1.807) is 77.0 Å². The minimum Gasteiger partial charge on any atom is -0.872 e. The Hall–Kier alpha value is -7.88. The van der Waals surface area contributed by atoms with Gasteiger partial charge < -0.3 is 39.4 Å². The molecule has 8 rings (SSSR count). The van der Waals surface area contributed by atoms with Crippen LogP contribution in [-0.2, 0) is 0 Å². The van der Waals surface area contributed by atoms with Crippen LogP contribution in [0.25, 0.3) is 0 Å². The van der Waals surface area contributed by atoms with Crippen molar-refractivity contribution in [3.05, 3.63) is 216 Å².